The van der Waals surface area contributed by atoms with Crippen LogP contribution in [0.2, 0.25) is 0 Å². The largest absolute Gasteiger partial charge is 0.497 e. The average Bonchev–Trinajstić information content (AvgIpc) is 3.40. The Bertz CT molecular complexity index is 1220. The van der Waals surface area contributed by atoms with Gasteiger partial charge in [0.1, 0.15) is 24.1 Å². The first kappa shape index (κ1) is 25.2. The third kappa shape index (κ3) is 4.76. The zero-order valence-electron chi connectivity index (χ0n) is 21.4. The zero-order chi connectivity index (χ0) is 25.7. The van der Waals surface area contributed by atoms with Gasteiger partial charge in [-0.25, -0.2) is 4.79 Å². The van der Waals surface area contributed by atoms with Crippen molar-refractivity contribution in [3.05, 3.63) is 72.1 Å². The van der Waals surface area contributed by atoms with Crippen molar-refractivity contribution in [3.63, 3.8) is 0 Å². The molecule has 0 bridgehead atoms. The number of rotatable bonds is 9. The number of benzene rings is 2. The molecule has 2 aromatic carbocycles. The number of anilines is 1. The number of nitrogens with zero attached hydrogens (tertiary/aromatic N) is 3. The number of nitrogens with one attached hydrogen (secondary N) is 1. The number of ether oxygens (including phenoxy) is 2. The number of carbonyl (C=O) groups is 2. The van der Waals surface area contributed by atoms with Crippen LogP contribution in [0.1, 0.15) is 44.0 Å². The summed E-state index contributed by atoms with van der Waals surface area (Å²) in [6, 6.07) is 16.7. The van der Waals surface area contributed by atoms with Crippen LogP contribution in [-0.2, 0) is 4.79 Å². The maximum atomic E-state index is 14.1. The summed E-state index contributed by atoms with van der Waals surface area (Å²) in [7, 11) is 3.24. The van der Waals surface area contributed by atoms with Crippen LogP contribution in [0.3, 0.4) is 0 Å². The highest BCUT2D eigenvalue weighted by Gasteiger charge is 2.38. The molecular formula is C28H34N4O4. The summed E-state index contributed by atoms with van der Waals surface area (Å²) < 4.78 is 13.4. The van der Waals surface area contributed by atoms with E-state index >= 15 is 0 Å². The van der Waals surface area contributed by atoms with Gasteiger partial charge in [0.2, 0.25) is 5.91 Å². The van der Waals surface area contributed by atoms with E-state index in [4.69, 9.17) is 9.47 Å². The molecule has 3 aromatic rings. The number of methoxy groups -OCH3 is 2. The molecule has 36 heavy (non-hydrogen) atoms. The standard InChI is InChI=1S/C28H34N4O4/c1-5-7-16-30(28(34)29-6-2)19-26(33)32-23-12-9-8-11-22(23)31-17-10-13-24(31)27(32)21-18-20(35-3)14-15-25(21)36-4/h8-15,17-18,27H,5-7,16,19H2,1-4H3,(H,29,34). The van der Waals surface area contributed by atoms with Crippen molar-refractivity contribution in [2.75, 3.05) is 38.8 Å². The first-order valence-electron chi connectivity index (χ1n) is 12.4. The smallest absolute Gasteiger partial charge is 0.317 e. The van der Waals surface area contributed by atoms with Gasteiger partial charge in [0.25, 0.3) is 0 Å². The second kappa shape index (κ2) is 11.2. The fraction of sp³-hybridized carbons (Fsp3) is 0.357. The van der Waals surface area contributed by atoms with E-state index in [1.165, 1.54) is 0 Å². The number of carbonyl (C=O) groups excluding carboxylic acids is 2. The van der Waals surface area contributed by atoms with Crippen LogP contribution in [0, 0.1) is 0 Å². The van der Waals surface area contributed by atoms with Crippen molar-refractivity contribution < 1.29 is 19.1 Å². The molecule has 190 valence electrons. The lowest BCUT2D eigenvalue weighted by Gasteiger charge is -2.40. The minimum Gasteiger partial charge on any atom is -0.497 e. The first-order chi connectivity index (χ1) is 17.5. The maximum absolute atomic E-state index is 14.1. The molecule has 0 radical (unpaired) electrons. The predicted molar refractivity (Wildman–Crippen MR) is 140 cm³/mol. The summed E-state index contributed by atoms with van der Waals surface area (Å²) in [6.45, 7) is 4.91. The van der Waals surface area contributed by atoms with E-state index < -0.39 is 6.04 Å². The summed E-state index contributed by atoms with van der Waals surface area (Å²) in [5.41, 5.74) is 3.40. The van der Waals surface area contributed by atoms with E-state index in [2.05, 4.69) is 16.8 Å². The number of fused-ring (bicyclic) bond motifs is 3. The molecule has 1 atom stereocenters. The van der Waals surface area contributed by atoms with E-state index in [-0.39, 0.29) is 18.5 Å². The second-order valence-electron chi connectivity index (χ2n) is 8.68. The molecule has 0 fully saturated rings. The summed E-state index contributed by atoms with van der Waals surface area (Å²) in [6.07, 6.45) is 3.74. The Hall–Kier alpha value is -3.94. The Labute approximate surface area is 212 Å². The fourth-order valence-corrected chi connectivity index (χ4v) is 4.71. The highest BCUT2D eigenvalue weighted by atomic mass is 16.5. The van der Waals surface area contributed by atoms with Crippen molar-refractivity contribution in [2.45, 2.75) is 32.7 Å². The van der Waals surface area contributed by atoms with Gasteiger partial charge in [0.05, 0.1) is 31.3 Å². The average molecular weight is 491 g/mol. The van der Waals surface area contributed by atoms with Crippen LogP contribution in [0.4, 0.5) is 10.5 Å². The molecule has 3 amide bonds. The van der Waals surface area contributed by atoms with Gasteiger partial charge in [0.15, 0.2) is 0 Å². The number of hydrogen-bond acceptors (Lipinski definition) is 4. The van der Waals surface area contributed by atoms with Gasteiger partial charge >= 0.3 is 6.03 Å². The third-order valence-corrected chi connectivity index (χ3v) is 6.44. The molecule has 0 aliphatic carbocycles. The van der Waals surface area contributed by atoms with Gasteiger partial charge < -0.3 is 24.3 Å². The van der Waals surface area contributed by atoms with Gasteiger partial charge in [0, 0.05) is 24.8 Å². The molecule has 1 aromatic heterocycles. The highest BCUT2D eigenvalue weighted by Crippen LogP contribution is 2.45. The van der Waals surface area contributed by atoms with E-state index in [1.807, 2.05) is 67.7 Å². The van der Waals surface area contributed by atoms with E-state index in [1.54, 1.807) is 24.0 Å². The van der Waals surface area contributed by atoms with Gasteiger partial charge in [-0.05, 0) is 55.8 Å². The number of amides is 3. The van der Waals surface area contributed by atoms with E-state index in [9.17, 15) is 9.59 Å². The summed E-state index contributed by atoms with van der Waals surface area (Å²) in [4.78, 5) is 30.3. The van der Waals surface area contributed by atoms with Crippen LogP contribution in [0.25, 0.3) is 5.69 Å². The van der Waals surface area contributed by atoms with Crippen molar-refractivity contribution in [1.29, 1.82) is 0 Å². The van der Waals surface area contributed by atoms with Gasteiger partial charge in [-0.3, -0.25) is 9.69 Å². The number of para-hydroxylation sites is 2. The molecule has 2 heterocycles. The van der Waals surface area contributed by atoms with Crippen LogP contribution >= 0.6 is 0 Å². The third-order valence-electron chi connectivity index (χ3n) is 6.44. The van der Waals surface area contributed by atoms with Crippen molar-refractivity contribution in [3.8, 4) is 17.2 Å². The molecule has 1 unspecified atom stereocenters. The van der Waals surface area contributed by atoms with Gasteiger partial charge in [-0.1, -0.05) is 25.5 Å². The Balaban J connectivity index is 1.84. The van der Waals surface area contributed by atoms with Crippen LogP contribution < -0.4 is 19.7 Å². The number of urea groups is 1. The van der Waals surface area contributed by atoms with E-state index in [0.29, 0.717) is 24.6 Å². The fourth-order valence-electron chi connectivity index (χ4n) is 4.71. The number of aromatic nitrogens is 1. The second-order valence-corrected chi connectivity index (χ2v) is 8.68. The summed E-state index contributed by atoms with van der Waals surface area (Å²) in [5, 5.41) is 2.85. The summed E-state index contributed by atoms with van der Waals surface area (Å²) >= 11 is 0. The van der Waals surface area contributed by atoms with Crippen LogP contribution in [0.5, 0.6) is 11.5 Å². The lowest BCUT2D eigenvalue weighted by molar-refractivity contribution is -0.119. The Kier molecular flexibility index (Phi) is 7.83. The molecule has 8 nitrogen and oxygen atoms in total. The Morgan fingerprint density at radius 3 is 2.47 bits per heavy atom. The lowest BCUT2D eigenvalue weighted by atomic mass is 9.96. The molecule has 0 saturated carbocycles. The predicted octanol–water partition coefficient (Wildman–Crippen LogP) is 4.76. The molecule has 0 saturated heterocycles. The molecule has 4 rings (SSSR count). The highest BCUT2D eigenvalue weighted by molar-refractivity contribution is 6.00. The zero-order valence-corrected chi connectivity index (χ0v) is 21.4. The first-order valence-corrected chi connectivity index (χ1v) is 12.4. The van der Waals surface area contributed by atoms with Crippen molar-refractivity contribution in [2.24, 2.45) is 0 Å². The molecule has 0 spiro atoms. The number of hydrogen-bond donors (Lipinski definition) is 1. The molecule has 1 aliphatic heterocycles. The van der Waals surface area contributed by atoms with Crippen molar-refractivity contribution >= 4 is 17.6 Å². The summed E-state index contributed by atoms with van der Waals surface area (Å²) in [5.74, 6) is 1.14. The minimum absolute atomic E-state index is 0.0380. The molecule has 8 heteroatoms. The SMILES string of the molecule is CCCCN(CC(=O)N1c2ccccc2-n2cccc2C1c1cc(OC)ccc1OC)C(=O)NCC. The Morgan fingerprint density at radius 1 is 1.00 bits per heavy atom. The van der Waals surface area contributed by atoms with Gasteiger partial charge in [-0.15, -0.1) is 0 Å². The minimum atomic E-state index is -0.477. The molecule has 1 aliphatic rings. The normalized spacial score (nSPS) is 14.0. The van der Waals surface area contributed by atoms with E-state index in [0.717, 1.165) is 35.5 Å². The molecule has 1 N–H and O–H groups in total. The Morgan fingerprint density at radius 2 is 1.78 bits per heavy atom. The molecular weight excluding hydrogens is 456 g/mol. The number of unbranched alkanes of at least 4 members (excludes halogenated alkanes) is 1. The lowest BCUT2D eigenvalue weighted by Crippen LogP contribution is -2.49. The maximum Gasteiger partial charge on any atom is 0.317 e. The van der Waals surface area contributed by atoms with Crippen LogP contribution in [0.15, 0.2) is 60.8 Å². The van der Waals surface area contributed by atoms with Crippen LogP contribution in [-0.4, -0.2) is 55.3 Å². The quantitative estimate of drug-likeness (QED) is 0.469. The monoisotopic (exact) mass is 490 g/mol. The van der Waals surface area contributed by atoms with Crippen molar-refractivity contribution in [1.82, 2.24) is 14.8 Å². The van der Waals surface area contributed by atoms with Gasteiger partial charge in [-0.2, -0.15) is 0 Å². The topological polar surface area (TPSA) is 76.0 Å².